The van der Waals surface area contributed by atoms with Gasteiger partial charge in [0.15, 0.2) is 0 Å². The highest BCUT2D eigenvalue weighted by Gasteiger charge is 2.18. The van der Waals surface area contributed by atoms with E-state index in [-0.39, 0.29) is 5.69 Å². The molecule has 0 fully saturated rings. The Labute approximate surface area is 174 Å². The summed E-state index contributed by atoms with van der Waals surface area (Å²) in [7, 11) is 3.22. The third-order valence-electron chi connectivity index (χ3n) is 5.10. The molecule has 1 aromatic heterocycles. The fourth-order valence-corrected chi connectivity index (χ4v) is 3.49. The molecular weight excluding hydrogens is 386 g/mol. The van der Waals surface area contributed by atoms with E-state index in [9.17, 15) is 14.9 Å². The van der Waals surface area contributed by atoms with Crippen LogP contribution in [0.2, 0.25) is 0 Å². The fourth-order valence-electron chi connectivity index (χ4n) is 3.49. The molecule has 0 unspecified atom stereocenters. The van der Waals surface area contributed by atoms with E-state index in [0.717, 1.165) is 34.0 Å². The molecule has 1 heterocycles. The zero-order valence-electron chi connectivity index (χ0n) is 17.0. The number of nitro groups is 1. The molecule has 0 atom stereocenters. The summed E-state index contributed by atoms with van der Waals surface area (Å²) in [5.74, 6) is 0.949. The van der Waals surface area contributed by atoms with Crippen molar-refractivity contribution >= 4 is 11.6 Å². The van der Waals surface area contributed by atoms with Gasteiger partial charge in [-0.1, -0.05) is 0 Å². The standard InChI is InChI=1S/C22H23N3O5/c1-14-19(22(23)26)13-20(15-4-6-17(7-5-15)25(27)28)24(14)11-10-16-12-18(29-2)8-9-21(16)30-3/h4-9,12-13H,10-11H2,1-3H3,(H2,23,26). The molecule has 3 rings (SSSR count). The molecule has 8 heteroatoms. The van der Waals surface area contributed by atoms with Crippen LogP contribution in [0.3, 0.4) is 0 Å². The smallest absolute Gasteiger partial charge is 0.269 e. The normalized spacial score (nSPS) is 10.6. The molecule has 0 aliphatic heterocycles. The monoisotopic (exact) mass is 409 g/mol. The van der Waals surface area contributed by atoms with Gasteiger partial charge in [0.1, 0.15) is 11.5 Å². The average molecular weight is 409 g/mol. The number of nitrogens with two attached hydrogens (primary N) is 1. The lowest BCUT2D eigenvalue weighted by molar-refractivity contribution is -0.384. The second-order valence-electron chi connectivity index (χ2n) is 6.78. The number of carbonyl (C=O) groups excluding carboxylic acids is 1. The zero-order valence-corrected chi connectivity index (χ0v) is 17.0. The Morgan fingerprint density at radius 2 is 1.80 bits per heavy atom. The average Bonchev–Trinajstić information content (AvgIpc) is 3.08. The maximum Gasteiger partial charge on any atom is 0.269 e. The van der Waals surface area contributed by atoms with Crippen molar-refractivity contribution < 1.29 is 19.2 Å². The number of rotatable bonds is 8. The van der Waals surface area contributed by atoms with Gasteiger partial charge < -0.3 is 19.8 Å². The van der Waals surface area contributed by atoms with Gasteiger partial charge in [0.25, 0.3) is 11.6 Å². The lowest BCUT2D eigenvalue weighted by Crippen LogP contribution is -2.13. The number of amides is 1. The highest BCUT2D eigenvalue weighted by Crippen LogP contribution is 2.30. The van der Waals surface area contributed by atoms with Crippen molar-refractivity contribution in [3.63, 3.8) is 0 Å². The first-order chi connectivity index (χ1) is 14.3. The second kappa shape index (κ2) is 8.69. The van der Waals surface area contributed by atoms with E-state index in [4.69, 9.17) is 15.2 Å². The van der Waals surface area contributed by atoms with E-state index in [0.29, 0.717) is 18.5 Å². The number of ether oxygens (including phenoxy) is 2. The van der Waals surface area contributed by atoms with Crippen LogP contribution < -0.4 is 15.2 Å². The number of aryl methyl sites for hydroxylation is 1. The molecule has 0 radical (unpaired) electrons. The summed E-state index contributed by atoms with van der Waals surface area (Å²) in [4.78, 5) is 22.4. The molecule has 0 saturated heterocycles. The van der Waals surface area contributed by atoms with E-state index in [1.807, 2.05) is 29.7 Å². The summed E-state index contributed by atoms with van der Waals surface area (Å²) < 4.78 is 12.8. The molecular formula is C22H23N3O5. The minimum absolute atomic E-state index is 0.00446. The Kier molecular flexibility index (Phi) is 6.06. The topological polar surface area (TPSA) is 110 Å². The molecule has 8 nitrogen and oxygen atoms in total. The van der Waals surface area contributed by atoms with E-state index in [2.05, 4.69) is 0 Å². The molecule has 30 heavy (non-hydrogen) atoms. The zero-order chi connectivity index (χ0) is 21.8. The molecule has 2 aromatic carbocycles. The van der Waals surface area contributed by atoms with Gasteiger partial charge in [0, 0.05) is 30.1 Å². The van der Waals surface area contributed by atoms with Gasteiger partial charge in [0.2, 0.25) is 0 Å². The molecule has 156 valence electrons. The number of aromatic nitrogens is 1. The lowest BCUT2D eigenvalue weighted by atomic mass is 10.1. The number of carbonyl (C=O) groups is 1. The summed E-state index contributed by atoms with van der Waals surface area (Å²) in [5.41, 5.74) is 9.19. The number of hydrogen-bond acceptors (Lipinski definition) is 5. The third kappa shape index (κ3) is 4.12. The SMILES string of the molecule is COc1ccc(OC)c(CCn2c(-c3ccc([N+](=O)[O-])cc3)cc(C(N)=O)c2C)c1. The molecule has 0 saturated carbocycles. The predicted molar refractivity (Wildman–Crippen MR) is 113 cm³/mol. The van der Waals surface area contributed by atoms with Gasteiger partial charge in [-0.2, -0.15) is 0 Å². The summed E-state index contributed by atoms with van der Waals surface area (Å²) in [5, 5.41) is 11.0. The van der Waals surface area contributed by atoms with Crippen molar-refractivity contribution in [2.24, 2.45) is 5.73 Å². The molecule has 0 aliphatic carbocycles. The molecule has 0 bridgehead atoms. The summed E-state index contributed by atoms with van der Waals surface area (Å²) in [6, 6.07) is 13.5. The van der Waals surface area contributed by atoms with E-state index in [1.165, 1.54) is 12.1 Å². The maximum absolute atomic E-state index is 11.9. The van der Waals surface area contributed by atoms with Gasteiger partial charge >= 0.3 is 0 Å². The van der Waals surface area contributed by atoms with Gasteiger partial charge in [-0.3, -0.25) is 14.9 Å². The number of benzene rings is 2. The number of methoxy groups -OCH3 is 2. The fraction of sp³-hybridized carbons (Fsp3) is 0.227. The first-order valence-electron chi connectivity index (χ1n) is 9.31. The maximum atomic E-state index is 11.9. The molecule has 0 spiro atoms. The van der Waals surface area contributed by atoms with Crippen LogP contribution in [0.1, 0.15) is 21.6 Å². The van der Waals surface area contributed by atoms with Crippen LogP contribution in [0.5, 0.6) is 11.5 Å². The van der Waals surface area contributed by atoms with E-state index < -0.39 is 10.8 Å². The number of nitro benzene ring substituents is 1. The largest absolute Gasteiger partial charge is 0.497 e. The van der Waals surface area contributed by atoms with Crippen molar-refractivity contribution in [3.05, 3.63) is 75.5 Å². The number of primary amides is 1. The molecule has 0 aliphatic rings. The minimum atomic E-state index is -0.520. The quantitative estimate of drug-likeness (QED) is 0.450. The molecule has 2 N–H and O–H groups in total. The van der Waals surface area contributed by atoms with Gasteiger partial charge in [0.05, 0.1) is 24.7 Å². The summed E-state index contributed by atoms with van der Waals surface area (Å²) in [6.07, 6.45) is 0.619. The second-order valence-corrected chi connectivity index (χ2v) is 6.78. The molecule has 3 aromatic rings. The highest BCUT2D eigenvalue weighted by atomic mass is 16.6. The van der Waals surface area contributed by atoms with Gasteiger partial charge in [-0.25, -0.2) is 0 Å². The molecule has 1 amide bonds. The Bertz CT molecular complexity index is 1090. The van der Waals surface area contributed by atoms with Crippen molar-refractivity contribution in [2.75, 3.05) is 14.2 Å². The summed E-state index contributed by atoms with van der Waals surface area (Å²) in [6.45, 7) is 2.38. The number of hydrogen-bond donors (Lipinski definition) is 1. The minimum Gasteiger partial charge on any atom is -0.497 e. The first-order valence-corrected chi connectivity index (χ1v) is 9.31. The third-order valence-corrected chi connectivity index (χ3v) is 5.10. The predicted octanol–water partition coefficient (Wildman–Crippen LogP) is 3.73. The van der Waals surface area contributed by atoms with Crippen molar-refractivity contribution in [3.8, 4) is 22.8 Å². The van der Waals surface area contributed by atoms with Gasteiger partial charge in [-0.05, 0) is 60.9 Å². The van der Waals surface area contributed by atoms with Crippen LogP contribution in [0.4, 0.5) is 5.69 Å². The van der Waals surface area contributed by atoms with Crippen LogP contribution in [-0.2, 0) is 13.0 Å². The van der Waals surface area contributed by atoms with Crippen LogP contribution >= 0.6 is 0 Å². The van der Waals surface area contributed by atoms with Crippen LogP contribution in [0, 0.1) is 17.0 Å². The Hall–Kier alpha value is -3.81. The van der Waals surface area contributed by atoms with E-state index >= 15 is 0 Å². The van der Waals surface area contributed by atoms with Crippen LogP contribution in [-0.4, -0.2) is 29.6 Å². The Morgan fingerprint density at radius 1 is 1.10 bits per heavy atom. The van der Waals surface area contributed by atoms with Crippen molar-refractivity contribution in [1.82, 2.24) is 4.57 Å². The lowest BCUT2D eigenvalue weighted by Gasteiger charge is -2.15. The summed E-state index contributed by atoms with van der Waals surface area (Å²) >= 11 is 0. The van der Waals surface area contributed by atoms with E-state index in [1.54, 1.807) is 32.4 Å². The number of non-ortho nitro benzene ring substituents is 1. The highest BCUT2D eigenvalue weighted by molar-refractivity contribution is 5.95. The van der Waals surface area contributed by atoms with Crippen molar-refractivity contribution in [1.29, 1.82) is 0 Å². The number of nitrogens with zero attached hydrogens (tertiary/aromatic N) is 2. The van der Waals surface area contributed by atoms with Crippen molar-refractivity contribution in [2.45, 2.75) is 19.9 Å². The van der Waals surface area contributed by atoms with Gasteiger partial charge in [-0.15, -0.1) is 0 Å². The Morgan fingerprint density at radius 3 is 2.37 bits per heavy atom. The first kappa shape index (κ1) is 20.9. The van der Waals surface area contributed by atoms with Crippen LogP contribution in [0.25, 0.3) is 11.3 Å². The van der Waals surface area contributed by atoms with Crippen LogP contribution in [0.15, 0.2) is 48.5 Å². The Balaban J connectivity index is 2.00.